The number of nitrogens with zero attached hydrogens (tertiary/aromatic N) is 1. The number of anilines is 1. The van der Waals surface area contributed by atoms with Crippen molar-refractivity contribution in [2.75, 3.05) is 32.1 Å². The van der Waals surface area contributed by atoms with Crippen molar-refractivity contribution >= 4 is 30.6 Å². The topological polar surface area (TPSA) is 46.2 Å². The maximum Gasteiger partial charge on any atom is 0.214 e. The lowest BCUT2D eigenvalue weighted by Gasteiger charge is -2.22. The van der Waals surface area contributed by atoms with Crippen molar-refractivity contribution < 1.29 is 4.74 Å². The van der Waals surface area contributed by atoms with E-state index in [0.29, 0.717) is 5.88 Å². The quantitative estimate of drug-likeness (QED) is 0.895. The Morgan fingerprint density at radius 3 is 2.72 bits per heavy atom. The zero-order valence-electron chi connectivity index (χ0n) is 10.5. The summed E-state index contributed by atoms with van der Waals surface area (Å²) < 4.78 is 5.09. The molecule has 0 spiro atoms. The monoisotopic (exact) mass is 293 g/mol. The summed E-state index contributed by atoms with van der Waals surface area (Å²) in [5.74, 6) is 2.32. The van der Waals surface area contributed by atoms with E-state index in [1.54, 1.807) is 7.11 Å². The molecule has 0 bridgehead atoms. The van der Waals surface area contributed by atoms with Gasteiger partial charge >= 0.3 is 0 Å². The van der Waals surface area contributed by atoms with Crippen LogP contribution in [0.2, 0.25) is 0 Å². The highest BCUT2D eigenvalue weighted by molar-refractivity contribution is 5.85. The molecular formula is C12H21Cl2N3O. The Hall–Kier alpha value is -0.710. The van der Waals surface area contributed by atoms with Crippen LogP contribution in [-0.4, -0.2) is 31.7 Å². The van der Waals surface area contributed by atoms with E-state index in [9.17, 15) is 0 Å². The van der Waals surface area contributed by atoms with Crippen LogP contribution in [0.4, 0.5) is 5.82 Å². The van der Waals surface area contributed by atoms with Crippen molar-refractivity contribution in [2.45, 2.75) is 12.8 Å². The number of methoxy groups -OCH3 is 1. The van der Waals surface area contributed by atoms with E-state index >= 15 is 0 Å². The highest BCUT2D eigenvalue weighted by Gasteiger charge is 2.12. The highest BCUT2D eigenvalue weighted by Crippen LogP contribution is 2.14. The third-order valence-electron chi connectivity index (χ3n) is 2.96. The van der Waals surface area contributed by atoms with Crippen molar-refractivity contribution in [3.8, 4) is 5.88 Å². The molecule has 0 radical (unpaired) electrons. The van der Waals surface area contributed by atoms with Crippen molar-refractivity contribution in [1.82, 2.24) is 10.3 Å². The Morgan fingerprint density at radius 2 is 2.06 bits per heavy atom. The Balaban J connectivity index is 0.00000144. The lowest BCUT2D eigenvalue weighted by molar-refractivity contribution is 0.387. The average molecular weight is 294 g/mol. The van der Waals surface area contributed by atoms with Gasteiger partial charge in [-0.1, -0.05) is 6.07 Å². The van der Waals surface area contributed by atoms with Gasteiger partial charge in [0.05, 0.1) is 7.11 Å². The number of halogens is 2. The van der Waals surface area contributed by atoms with Gasteiger partial charge in [0.15, 0.2) is 0 Å². The summed E-state index contributed by atoms with van der Waals surface area (Å²) in [6.07, 6.45) is 2.49. The number of nitrogens with one attached hydrogen (secondary N) is 2. The summed E-state index contributed by atoms with van der Waals surface area (Å²) in [7, 11) is 1.64. The normalized spacial score (nSPS) is 15.2. The first-order valence-corrected chi connectivity index (χ1v) is 5.84. The lowest BCUT2D eigenvalue weighted by atomic mass is 9.98. The molecular weight excluding hydrogens is 273 g/mol. The predicted molar refractivity (Wildman–Crippen MR) is 79.4 cm³/mol. The van der Waals surface area contributed by atoms with E-state index in [0.717, 1.165) is 31.4 Å². The van der Waals surface area contributed by atoms with Crippen LogP contribution in [0.5, 0.6) is 5.88 Å². The molecule has 2 N–H and O–H groups in total. The third-order valence-corrected chi connectivity index (χ3v) is 2.96. The number of pyridine rings is 1. The first-order valence-electron chi connectivity index (χ1n) is 5.84. The summed E-state index contributed by atoms with van der Waals surface area (Å²) in [5.41, 5.74) is 0. The van der Waals surface area contributed by atoms with Gasteiger partial charge in [0, 0.05) is 12.6 Å². The molecule has 1 aliphatic heterocycles. The smallest absolute Gasteiger partial charge is 0.214 e. The molecule has 4 nitrogen and oxygen atoms in total. The molecule has 0 atom stereocenters. The summed E-state index contributed by atoms with van der Waals surface area (Å²) >= 11 is 0. The van der Waals surface area contributed by atoms with E-state index in [2.05, 4.69) is 15.6 Å². The van der Waals surface area contributed by atoms with Crippen molar-refractivity contribution in [3.05, 3.63) is 18.2 Å². The Kier molecular flexibility index (Phi) is 8.89. The lowest BCUT2D eigenvalue weighted by Crippen LogP contribution is -2.31. The molecule has 1 aromatic rings. The van der Waals surface area contributed by atoms with Gasteiger partial charge in [-0.05, 0) is 37.9 Å². The summed E-state index contributed by atoms with van der Waals surface area (Å²) in [6.45, 7) is 3.28. The highest BCUT2D eigenvalue weighted by atomic mass is 35.5. The number of piperidine rings is 1. The Bertz CT molecular complexity index is 333. The molecule has 0 unspecified atom stereocenters. The molecule has 18 heavy (non-hydrogen) atoms. The summed E-state index contributed by atoms with van der Waals surface area (Å²) in [4.78, 5) is 4.33. The average Bonchev–Trinajstić information content (AvgIpc) is 2.38. The van der Waals surface area contributed by atoms with Crippen LogP contribution >= 0.6 is 24.8 Å². The largest absolute Gasteiger partial charge is 0.481 e. The molecule has 2 heterocycles. The van der Waals surface area contributed by atoms with E-state index in [4.69, 9.17) is 4.74 Å². The van der Waals surface area contributed by atoms with Crippen LogP contribution in [0.3, 0.4) is 0 Å². The van der Waals surface area contributed by atoms with E-state index < -0.39 is 0 Å². The van der Waals surface area contributed by atoms with Crippen molar-refractivity contribution in [3.63, 3.8) is 0 Å². The number of hydrogen-bond donors (Lipinski definition) is 2. The maximum absolute atomic E-state index is 5.09. The molecule has 0 saturated carbocycles. The molecule has 0 aliphatic carbocycles. The molecule has 1 saturated heterocycles. The van der Waals surface area contributed by atoms with Crippen LogP contribution in [0.25, 0.3) is 0 Å². The van der Waals surface area contributed by atoms with Gasteiger partial charge in [-0.15, -0.1) is 24.8 Å². The second kappa shape index (κ2) is 9.25. The fraction of sp³-hybridized carbons (Fsp3) is 0.583. The van der Waals surface area contributed by atoms with Gasteiger partial charge in [0.2, 0.25) is 5.88 Å². The molecule has 0 amide bonds. The molecule has 1 aliphatic rings. The minimum absolute atomic E-state index is 0. The maximum atomic E-state index is 5.09. The molecule has 2 rings (SSSR count). The van der Waals surface area contributed by atoms with Gasteiger partial charge in [-0.3, -0.25) is 0 Å². The van der Waals surface area contributed by atoms with Gasteiger partial charge < -0.3 is 15.4 Å². The summed E-state index contributed by atoms with van der Waals surface area (Å²) in [6, 6.07) is 5.79. The molecule has 1 fully saturated rings. The van der Waals surface area contributed by atoms with Crippen molar-refractivity contribution in [1.29, 1.82) is 0 Å². The number of aromatic nitrogens is 1. The molecule has 0 aromatic carbocycles. The Labute approximate surface area is 121 Å². The SMILES string of the molecule is COc1cccc(NCC2CCNCC2)n1.Cl.Cl. The Morgan fingerprint density at radius 1 is 1.33 bits per heavy atom. The van der Waals surface area contributed by atoms with Crippen molar-refractivity contribution in [2.24, 2.45) is 5.92 Å². The van der Waals surface area contributed by atoms with Crippen LogP contribution in [0, 0.1) is 5.92 Å². The number of ether oxygens (including phenoxy) is 1. The third kappa shape index (κ3) is 5.29. The van der Waals surface area contributed by atoms with E-state index in [-0.39, 0.29) is 24.8 Å². The molecule has 6 heteroatoms. The first kappa shape index (κ1) is 17.3. The van der Waals surface area contributed by atoms with Crippen LogP contribution < -0.4 is 15.4 Å². The minimum atomic E-state index is 0. The zero-order chi connectivity index (χ0) is 11.2. The predicted octanol–water partition coefficient (Wildman–Crippen LogP) is 2.35. The van der Waals surface area contributed by atoms with Gasteiger partial charge in [0.1, 0.15) is 5.82 Å². The number of rotatable bonds is 4. The van der Waals surface area contributed by atoms with E-state index in [1.165, 1.54) is 12.8 Å². The molecule has 104 valence electrons. The van der Waals surface area contributed by atoms with Crippen LogP contribution in [-0.2, 0) is 0 Å². The second-order valence-electron chi connectivity index (χ2n) is 4.14. The second-order valence-corrected chi connectivity index (χ2v) is 4.14. The van der Waals surface area contributed by atoms with Gasteiger partial charge in [-0.25, -0.2) is 0 Å². The number of hydrogen-bond acceptors (Lipinski definition) is 4. The van der Waals surface area contributed by atoms with Crippen LogP contribution in [0.15, 0.2) is 18.2 Å². The van der Waals surface area contributed by atoms with Gasteiger partial charge in [0.25, 0.3) is 0 Å². The fourth-order valence-corrected chi connectivity index (χ4v) is 1.96. The van der Waals surface area contributed by atoms with E-state index in [1.807, 2.05) is 18.2 Å². The fourth-order valence-electron chi connectivity index (χ4n) is 1.96. The zero-order valence-corrected chi connectivity index (χ0v) is 12.1. The minimum Gasteiger partial charge on any atom is -0.481 e. The first-order chi connectivity index (χ1) is 7.88. The molecule has 1 aromatic heterocycles. The summed E-state index contributed by atoms with van der Waals surface area (Å²) in [5, 5.41) is 6.74. The van der Waals surface area contributed by atoms with Gasteiger partial charge in [-0.2, -0.15) is 4.98 Å². The van der Waals surface area contributed by atoms with Crippen LogP contribution in [0.1, 0.15) is 12.8 Å². The standard InChI is InChI=1S/C12H19N3O.2ClH/c1-16-12-4-2-3-11(15-12)14-9-10-5-7-13-8-6-10;;/h2-4,10,13H,5-9H2,1H3,(H,14,15);2*1H.